The molecule has 0 saturated carbocycles. The number of nitrogens with one attached hydrogen (secondary N) is 1. The quantitative estimate of drug-likeness (QED) is 0.108. The number of aliphatic hydroxyl groups excluding tert-OH is 1. The van der Waals surface area contributed by atoms with Gasteiger partial charge in [-0.25, -0.2) is 14.8 Å². The Labute approximate surface area is 316 Å². The zero-order chi connectivity index (χ0) is 40.0. The number of aliphatic carboxylic acids is 2. The minimum atomic E-state index is -1.30. The maximum atomic E-state index is 12.4. The van der Waals surface area contributed by atoms with Gasteiger partial charge in [-0.2, -0.15) is 9.97 Å². The summed E-state index contributed by atoms with van der Waals surface area (Å²) in [5, 5.41) is 29.1. The van der Waals surface area contributed by atoms with E-state index in [-0.39, 0.29) is 36.8 Å². The number of allylic oxidation sites excluding steroid dienone is 9. The molecule has 14 nitrogen and oxygen atoms in total. The fourth-order valence-corrected chi connectivity index (χ4v) is 5.87. The van der Waals surface area contributed by atoms with Crippen molar-refractivity contribution in [2.75, 3.05) is 30.0 Å². The van der Waals surface area contributed by atoms with Crippen LogP contribution in [0.2, 0.25) is 0 Å². The molecule has 2 aromatic heterocycles. The van der Waals surface area contributed by atoms with Crippen LogP contribution >= 0.6 is 0 Å². The number of aliphatic hydroxyl groups is 1. The number of nitrogen functional groups attached to an aromatic ring is 2. The average molecular weight is 741 g/mol. The maximum absolute atomic E-state index is 12.4. The number of carboxylic acid groups (broad SMARTS) is 2. The molecule has 1 aliphatic carbocycles. The molecule has 0 aliphatic heterocycles. The average Bonchev–Trinajstić information content (AvgIpc) is 3.10. The molecule has 1 aliphatic rings. The highest BCUT2D eigenvalue weighted by atomic mass is 16.4. The number of carbonyl (C=O) groups excluding carboxylic acids is 1. The normalized spacial score (nSPS) is 15.2. The van der Waals surface area contributed by atoms with Crippen molar-refractivity contribution in [1.82, 2.24) is 25.3 Å². The number of amides is 1. The van der Waals surface area contributed by atoms with Crippen LogP contribution in [0.5, 0.6) is 0 Å². The number of anilines is 3. The first-order chi connectivity index (χ1) is 25.5. The molecule has 0 radical (unpaired) electrons. The van der Waals surface area contributed by atoms with E-state index in [0.29, 0.717) is 28.8 Å². The lowest BCUT2D eigenvalue weighted by molar-refractivity contribution is -0.140. The van der Waals surface area contributed by atoms with Gasteiger partial charge in [-0.1, -0.05) is 67.0 Å². The molecule has 14 heteroatoms. The number of carboxylic acids is 2. The highest BCUT2D eigenvalue weighted by Gasteiger charge is 2.26. The lowest BCUT2D eigenvalue weighted by atomic mass is 9.72. The van der Waals surface area contributed by atoms with Gasteiger partial charge in [0.15, 0.2) is 17.0 Å². The number of nitrogens with two attached hydrogens (primary N) is 2. The van der Waals surface area contributed by atoms with Crippen molar-refractivity contribution < 1.29 is 29.7 Å². The Morgan fingerprint density at radius 1 is 1.04 bits per heavy atom. The number of nitrogens with zero attached hydrogens (tertiary/aromatic N) is 5. The summed E-state index contributed by atoms with van der Waals surface area (Å²) in [6.45, 7) is 11.5. The van der Waals surface area contributed by atoms with Gasteiger partial charge < -0.3 is 37.0 Å². The van der Waals surface area contributed by atoms with Crippen LogP contribution in [-0.2, 0) is 16.1 Å². The standard InChI is InChI=1S/C20H22N8O5.C20H30O/c1-28(9-11-8-23-17-15(24-11)16(21)26-20(22)27-17)12-4-2-10(3-5-12)18(31)25-13(19(32)33)6-7-14(29)30;1-16(8-6-9-17(2)13-15-21)11-12-19-18(3)10-7-14-20(19,4)5/h2-5,8,13H,6-7,9H2,1H3,(H,25,31)(H,29,30)(H,32,33)(H4,21,22,23,26,27);6,8-9,11-13,21H,7,10,14-15H2,1-5H3/b;9-6+,12-11+,16-8+,17-13+/t13-;/m0./s1. The van der Waals surface area contributed by atoms with Crippen molar-refractivity contribution >= 4 is 46.5 Å². The van der Waals surface area contributed by atoms with Gasteiger partial charge in [-0.3, -0.25) is 9.59 Å². The third-order valence-corrected chi connectivity index (χ3v) is 8.91. The van der Waals surface area contributed by atoms with E-state index >= 15 is 0 Å². The fourth-order valence-electron chi connectivity index (χ4n) is 5.87. The van der Waals surface area contributed by atoms with E-state index in [2.05, 4.69) is 71.2 Å². The predicted octanol–water partition coefficient (Wildman–Crippen LogP) is 5.78. The van der Waals surface area contributed by atoms with Gasteiger partial charge in [0.1, 0.15) is 6.04 Å². The molecule has 1 atom stereocenters. The van der Waals surface area contributed by atoms with Crippen LogP contribution < -0.4 is 21.7 Å². The molecule has 288 valence electrons. The molecule has 54 heavy (non-hydrogen) atoms. The van der Waals surface area contributed by atoms with Crippen molar-refractivity contribution in [3.63, 3.8) is 0 Å². The Balaban J connectivity index is 0.000000322. The van der Waals surface area contributed by atoms with Crippen molar-refractivity contribution in [3.05, 3.63) is 100 Å². The van der Waals surface area contributed by atoms with Crippen LogP contribution in [0.25, 0.3) is 11.2 Å². The summed E-state index contributed by atoms with van der Waals surface area (Å²) in [5.41, 5.74) is 19.3. The van der Waals surface area contributed by atoms with Crippen LogP contribution in [0, 0.1) is 5.41 Å². The summed E-state index contributed by atoms with van der Waals surface area (Å²) >= 11 is 0. The fraction of sp³-hybridized carbons (Fsp3) is 0.375. The molecule has 4 rings (SSSR count). The summed E-state index contributed by atoms with van der Waals surface area (Å²) in [5.74, 6) is -2.91. The smallest absolute Gasteiger partial charge is 0.326 e. The number of hydrogen-bond donors (Lipinski definition) is 6. The first-order valence-corrected chi connectivity index (χ1v) is 17.6. The Morgan fingerprint density at radius 2 is 1.74 bits per heavy atom. The molecule has 1 aromatic carbocycles. The van der Waals surface area contributed by atoms with Gasteiger partial charge in [-0.15, -0.1) is 0 Å². The summed E-state index contributed by atoms with van der Waals surface area (Å²) < 4.78 is 0. The Bertz CT molecular complexity index is 1960. The molecular weight excluding hydrogens is 688 g/mol. The SMILES string of the molecule is CC1=C(/C=C/C(C)=C/C=C/C(C)=C/CO)C(C)(C)CCC1.CN(Cc1cnc2nc(N)nc(N)c2n1)c1ccc(C(=O)N[C@@H](CCC(=O)O)C(=O)O)cc1. The van der Waals surface area contributed by atoms with E-state index in [1.54, 1.807) is 24.4 Å². The molecule has 1 amide bonds. The number of benzene rings is 1. The van der Waals surface area contributed by atoms with Crippen LogP contribution in [0.15, 0.2) is 89.2 Å². The third kappa shape index (κ3) is 13.0. The molecule has 3 aromatic rings. The number of hydrogen-bond acceptors (Lipinski definition) is 11. The number of aromatic nitrogens is 4. The van der Waals surface area contributed by atoms with E-state index in [0.717, 1.165) is 11.3 Å². The van der Waals surface area contributed by atoms with Gasteiger partial charge >= 0.3 is 11.9 Å². The van der Waals surface area contributed by atoms with Crippen LogP contribution in [0.3, 0.4) is 0 Å². The molecule has 0 saturated heterocycles. The minimum absolute atomic E-state index is 0.0138. The van der Waals surface area contributed by atoms with E-state index in [1.807, 2.05) is 31.0 Å². The number of rotatable bonds is 14. The van der Waals surface area contributed by atoms with Crippen molar-refractivity contribution in [2.45, 2.75) is 79.3 Å². The molecule has 2 heterocycles. The third-order valence-electron chi connectivity index (χ3n) is 8.91. The zero-order valence-corrected chi connectivity index (χ0v) is 31.8. The Morgan fingerprint density at radius 3 is 2.37 bits per heavy atom. The van der Waals surface area contributed by atoms with E-state index < -0.39 is 23.9 Å². The van der Waals surface area contributed by atoms with Crippen LogP contribution in [0.1, 0.15) is 82.8 Å². The zero-order valence-electron chi connectivity index (χ0n) is 31.8. The summed E-state index contributed by atoms with van der Waals surface area (Å²) in [4.78, 5) is 52.7. The lowest BCUT2D eigenvalue weighted by Crippen LogP contribution is -2.41. The Kier molecular flexibility index (Phi) is 15.6. The van der Waals surface area contributed by atoms with Crippen LogP contribution in [0.4, 0.5) is 17.5 Å². The summed E-state index contributed by atoms with van der Waals surface area (Å²) in [6.07, 6.45) is 17.2. The lowest BCUT2D eigenvalue weighted by Gasteiger charge is -2.32. The van der Waals surface area contributed by atoms with E-state index in [4.69, 9.17) is 21.7 Å². The van der Waals surface area contributed by atoms with Crippen LogP contribution in [-0.4, -0.2) is 72.8 Å². The topological polar surface area (TPSA) is 231 Å². The molecule has 8 N–H and O–H groups in total. The highest BCUT2D eigenvalue weighted by Crippen LogP contribution is 2.40. The summed E-state index contributed by atoms with van der Waals surface area (Å²) in [7, 11) is 1.82. The van der Waals surface area contributed by atoms with E-state index in [1.165, 1.54) is 48.1 Å². The van der Waals surface area contributed by atoms with Gasteiger partial charge in [0, 0.05) is 24.7 Å². The molecule has 0 unspecified atom stereocenters. The number of fused-ring (bicyclic) bond motifs is 1. The van der Waals surface area contributed by atoms with E-state index in [9.17, 15) is 19.5 Å². The second kappa shape index (κ2) is 19.8. The van der Waals surface area contributed by atoms with Gasteiger partial charge in [0.05, 0.1) is 25.0 Å². The predicted molar refractivity (Wildman–Crippen MR) is 211 cm³/mol. The first-order valence-electron chi connectivity index (χ1n) is 17.6. The van der Waals surface area contributed by atoms with Crippen molar-refractivity contribution in [1.29, 1.82) is 0 Å². The molecule has 0 fully saturated rings. The van der Waals surface area contributed by atoms with Crippen molar-refractivity contribution in [2.24, 2.45) is 5.41 Å². The summed E-state index contributed by atoms with van der Waals surface area (Å²) in [6, 6.07) is 5.16. The number of carbonyl (C=O) groups is 3. The minimum Gasteiger partial charge on any atom is -0.481 e. The highest BCUT2D eigenvalue weighted by molar-refractivity contribution is 5.97. The molecule has 0 spiro atoms. The second-order valence-corrected chi connectivity index (χ2v) is 13.9. The molecule has 0 bridgehead atoms. The largest absolute Gasteiger partial charge is 0.481 e. The Hall–Kier alpha value is -5.89. The molecular formula is C40H52N8O6. The van der Waals surface area contributed by atoms with Gasteiger partial charge in [-0.05, 0) is 81.7 Å². The van der Waals surface area contributed by atoms with Crippen molar-refractivity contribution in [3.8, 4) is 0 Å². The maximum Gasteiger partial charge on any atom is 0.326 e. The second-order valence-electron chi connectivity index (χ2n) is 13.9. The van der Waals surface area contributed by atoms with Gasteiger partial charge in [0.2, 0.25) is 5.95 Å². The first kappa shape index (κ1) is 42.5. The monoisotopic (exact) mass is 740 g/mol. The van der Waals surface area contributed by atoms with Gasteiger partial charge in [0.25, 0.3) is 5.91 Å².